The fourth-order valence-electron chi connectivity index (χ4n) is 1.75. The van der Waals surface area contributed by atoms with E-state index in [1.54, 1.807) is 38.3 Å². The zero-order valence-corrected chi connectivity index (χ0v) is 11.9. The van der Waals surface area contributed by atoms with Gasteiger partial charge in [0, 0.05) is 17.3 Å². The van der Waals surface area contributed by atoms with E-state index in [9.17, 15) is 4.79 Å². The summed E-state index contributed by atoms with van der Waals surface area (Å²) in [5, 5.41) is 3.15. The molecule has 0 aliphatic rings. The molecular weight excluding hydrogens is 278 g/mol. The average molecular weight is 292 g/mol. The molecule has 0 saturated heterocycles. The van der Waals surface area contributed by atoms with Crippen LogP contribution < -0.4 is 15.8 Å². The second kappa shape index (κ2) is 5.79. The number of benzene rings is 1. The van der Waals surface area contributed by atoms with Crippen molar-refractivity contribution in [2.75, 3.05) is 18.2 Å². The average Bonchev–Trinajstić information content (AvgIpc) is 2.40. The first-order chi connectivity index (χ1) is 9.49. The monoisotopic (exact) mass is 291 g/mol. The number of ether oxygens (including phenoxy) is 1. The van der Waals surface area contributed by atoms with Crippen LogP contribution in [0.15, 0.2) is 30.3 Å². The topological polar surface area (TPSA) is 77.2 Å². The summed E-state index contributed by atoms with van der Waals surface area (Å²) in [4.78, 5) is 16.2. The maximum absolute atomic E-state index is 12.2. The van der Waals surface area contributed by atoms with Crippen LogP contribution in [0.2, 0.25) is 5.02 Å². The number of aryl methyl sites for hydroxylation is 1. The summed E-state index contributed by atoms with van der Waals surface area (Å²) in [6.07, 6.45) is 0. The number of nitrogens with two attached hydrogens (primary N) is 1. The Bertz CT molecular complexity index is 639. The van der Waals surface area contributed by atoms with E-state index < -0.39 is 0 Å². The van der Waals surface area contributed by atoms with Gasteiger partial charge in [-0.3, -0.25) is 4.79 Å². The third kappa shape index (κ3) is 3.19. The Morgan fingerprint density at radius 3 is 2.75 bits per heavy atom. The van der Waals surface area contributed by atoms with Gasteiger partial charge in [-0.1, -0.05) is 11.6 Å². The highest BCUT2D eigenvalue weighted by molar-refractivity contribution is 6.34. The number of methoxy groups -OCH3 is 1. The van der Waals surface area contributed by atoms with Gasteiger partial charge >= 0.3 is 0 Å². The van der Waals surface area contributed by atoms with Gasteiger partial charge in [0.25, 0.3) is 5.91 Å². The van der Waals surface area contributed by atoms with E-state index in [4.69, 9.17) is 22.1 Å². The van der Waals surface area contributed by atoms with Crippen LogP contribution in [0.3, 0.4) is 0 Å². The van der Waals surface area contributed by atoms with Crippen molar-refractivity contribution in [1.82, 2.24) is 4.98 Å². The molecule has 0 saturated carbocycles. The molecule has 3 N–H and O–H groups in total. The molecule has 0 aliphatic heterocycles. The maximum atomic E-state index is 12.2. The Morgan fingerprint density at radius 1 is 1.35 bits per heavy atom. The first kappa shape index (κ1) is 14.1. The zero-order valence-electron chi connectivity index (χ0n) is 11.1. The molecule has 0 spiro atoms. The molecule has 0 aliphatic carbocycles. The molecule has 1 amide bonds. The number of hydrogen-bond donors (Lipinski definition) is 2. The fraction of sp³-hybridized carbons (Fsp3) is 0.143. The Labute approximate surface area is 121 Å². The lowest BCUT2D eigenvalue weighted by Gasteiger charge is -2.09. The lowest BCUT2D eigenvalue weighted by molar-refractivity contribution is 0.102. The molecule has 104 valence electrons. The van der Waals surface area contributed by atoms with Crippen LogP contribution >= 0.6 is 11.6 Å². The van der Waals surface area contributed by atoms with E-state index in [0.29, 0.717) is 33.5 Å². The van der Waals surface area contributed by atoms with Gasteiger partial charge in [-0.2, -0.15) is 0 Å². The van der Waals surface area contributed by atoms with Crippen molar-refractivity contribution < 1.29 is 9.53 Å². The van der Waals surface area contributed by atoms with Crippen molar-refractivity contribution >= 4 is 29.0 Å². The molecule has 6 heteroatoms. The highest BCUT2D eigenvalue weighted by Gasteiger charge is 2.11. The number of hydrogen-bond acceptors (Lipinski definition) is 4. The summed E-state index contributed by atoms with van der Waals surface area (Å²) in [5.41, 5.74) is 7.20. The fourth-order valence-corrected chi connectivity index (χ4v) is 1.91. The molecule has 1 aromatic carbocycles. The Balaban J connectivity index is 2.27. The number of nitrogens with one attached hydrogen (secondary N) is 1. The third-order valence-electron chi connectivity index (χ3n) is 2.66. The number of pyridine rings is 1. The smallest absolute Gasteiger partial charge is 0.255 e. The first-order valence-electron chi connectivity index (χ1n) is 5.88. The Hall–Kier alpha value is -2.27. The molecule has 1 heterocycles. The van der Waals surface area contributed by atoms with Gasteiger partial charge in [-0.05, 0) is 31.2 Å². The number of nitrogens with zero attached hydrogens (tertiary/aromatic N) is 1. The largest absolute Gasteiger partial charge is 0.497 e. The second-order valence-electron chi connectivity index (χ2n) is 4.22. The second-order valence-corrected chi connectivity index (χ2v) is 4.63. The number of carbonyl (C=O) groups excluding carboxylic acids is 1. The standard InChI is InChI=1S/C14H14ClN3O2/c1-8-5-9(6-13(16)17-8)14(19)18-12-7-10(20-2)3-4-11(12)15/h3-7H,1-2H3,(H2,16,17)(H,18,19). The number of aromatic nitrogens is 1. The minimum Gasteiger partial charge on any atom is -0.497 e. The van der Waals surface area contributed by atoms with Crippen LogP contribution in [0, 0.1) is 6.92 Å². The van der Waals surface area contributed by atoms with Crippen molar-refractivity contribution in [3.63, 3.8) is 0 Å². The lowest BCUT2D eigenvalue weighted by atomic mass is 10.2. The van der Waals surface area contributed by atoms with Crippen LogP contribution in [-0.4, -0.2) is 18.0 Å². The normalized spacial score (nSPS) is 10.2. The Morgan fingerprint density at radius 2 is 2.10 bits per heavy atom. The van der Waals surface area contributed by atoms with Gasteiger partial charge in [-0.25, -0.2) is 4.98 Å². The molecular formula is C14H14ClN3O2. The predicted octanol–water partition coefficient (Wildman–Crippen LogP) is 2.89. The predicted molar refractivity (Wildman–Crippen MR) is 79.3 cm³/mol. The van der Waals surface area contributed by atoms with E-state index in [-0.39, 0.29) is 5.91 Å². The van der Waals surface area contributed by atoms with Crippen molar-refractivity contribution in [3.8, 4) is 5.75 Å². The minimum absolute atomic E-state index is 0.298. The van der Waals surface area contributed by atoms with Crippen LogP contribution in [0.4, 0.5) is 11.5 Å². The molecule has 2 aromatic rings. The van der Waals surface area contributed by atoms with Crippen LogP contribution in [0.5, 0.6) is 5.75 Å². The minimum atomic E-state index is -0.308. The molecule has 0 atom stereocenters. The van der Waals surface area contributed by atoms with Gasteiger partial charge in [0.05, 0.1) is 17.8 Å². The van der Waals surface area contributed by atoms with Crippen LogP contribution in [0.25, 0.3) is 0 Å². The summed E-state index contributed by atoms with van der Waals surface area (Å²) in [6, 6.07) is 8.18. The molecule has 2 rings (SSSR count). The van der Waals surface area contributed by atoms with Crippen molar-refractivity contribution in [2.24, 2.45) is 0 Å². The maximum Gasteiger partial charge on any atom is 0.255 e. The van der Waals surface area contributed by atoms with Gasteiger partial charge in [0.1, 0.15) is 11.6 Å². The number of anilines is 2. The van der Waals surface area contributed by atoms with Crippen molar-refractivity contribution in [1.29, 1.82) is 0 Å². The summed E-state index contributed by atoms with van der Waals surface area (Å²) in [6.45, 7) is 1.77. The highest BCUT2D eigenvalue weighted by Crippen LogP contribution is 2.27. The van der Waals surface area contributed by atoms with E-state index in [0.717, 1.165) is 0 Å². The molecule has 5 nitrogen and oxygen atoms in total. The van der Waals surface area contributed by atoms with Crippen molar-refractivity contribution in [2.45, 2.75) is 6.92 Å². The molecule has 0 fully saturated rings. The number of nitrogen functional groups attached to an aromatic ring is 1. The quantitative estimate of drug-likeness (QED) is 0.911. The lowest BCUT2D eigenvalue weighted by Crippen LogP contribution is -2.13. The Kier molecular flexibility index (Phi) is 4.10. The first-order valence-corrected chi connectivity index (χ1v) is 6.26. The van der Waals surface area contributed by atoms with E-state index >= 15 is 0 Å². The van der Waals surface area contributed by atoms with Crippen LogP contribution in [0.1, 0.15) is 16.1 Å². The molecule has 0 radical (unpaired) electrons. The van der Waals surface area contributed by atoms with Gasteiger partial charge < -0.3 is 15.8 Å². The number of halogens is 1. The summed E-state index contributed by atoms with van der Waals surface area (Å²) < 4.78 is 5.10. The van der Waals surface area contributed by atoms with Gasteiger partial charge in [0.15, 0.2) is 0 Å². The molecule has 0 bridgehead atoms. The van der Waals surface area contributed by atoms with Gasteiger partial charge in [-0.15, -0.1) is 0 Å². The summed E-state index contributed by atoms with van der Waals surface area (Å²) in [5.74, 6) is 0.597. The van der Waals surface area contributed by atoms with E-state index in [1.807, 2.05) is 0 Å². The molecule has 20 heavy (non-hydrogen) atoms. The van der Waals surface area contributed by atoms with E-state index in [1.165, 1.54) is 6.07 Å². The highest BCUT2D eigenvalue weighted by atomic mass is 35.5. The van der Waals surface area contributed by atoms with E-state index in [2.05, 4.69) is 10.3 Å². The van der Waals surface area contributed by atoms with Crippen LogP contribution in [-0.2, 0) is 0 Å². The molecule has 1 aromatic heterocycles. The number of amides is 1. The molecule has 0 unspecified atom stereocenters. The van der Waals surface area contributed by atoms with Crippen molar-refractivity contribution in [3.05, 3.63) is 46.6 Å². The number of carbonyl (C=O) groups is 1. The summed E-state index contributed by atoms with van der Waals surface area (Å²) >= 11 is 6.04. The SMILES string of the molecule is COc1ccc(Cl)c(NC(=O)c2cc(C)nc(N)c2)c1. The zero-order chi connectivity index (χ0) is 14.7. The number of rotatable bonds is 3. The summed E-state index contributed by atoms with van der Waals surface area (Å²) in [7, 11) is 1.54. The van der Waals surface area contributed by atoms with Gasteiger partial charge in [0.2, 0.25) is 0 Å². The third-order valence-corrected chi connectivity index (χ3v) is 2.99.